The monoisotopic (exact) mass is 230 g/mol. The summed E-state index contributed by atoms with van der Waals surface area (Å²) in [6, 6.07) is 7.82. The van der Waals surface area contributed by atoms with E-state index in [0.717, 1.165) is 25.7 Å². The molecule has 1 aliphatic carbocycles. The lowest BCUT2D eigenvalue weighted by Gasteiger charge is -2.37. The quantitative estimate of drug-likeness (QED) is 0.850. The van der Waals surface area contributed by atoms with Gasteiger partial charge >= 0.3 is 0 Å². The first-order valence-corrected chi connectivity index (χ1v) is 6.18. The predicted octanol–water partition coefficient (Wildman–Crippen LogP) is 2.84. The molecule has 0 amide bonds. The van der Waals surface area contributed by atoms with Crippen LogP contribution in [-0.2, 0) is 0 Å². The highest BCUT2D eigenvalue weighted by atomic mass is 16.3. The molecule has 1 N–H and O–H groups in total. The Morgan fingerprint density at radius 1 is 1.59 bits per heavy atom. The van der Waals surface area contributed by atoms with Gasteiger partial charge in [-0.1, -0.05) is 25.8 Å². The summed E-state index contributed by atoms with van der Waals surface area (Å²) in [6.45, 7) is 2.15. The molecule has 1 aliphatic rings. The smallest absolute Gasteiger partial charge is 0.114 e. The number of rotatable bonds is 2. The molecule has 1 aromatic heterocycles. The topological polar surface area (TPSA) is 56.9 Å². The average molecular weight is 230 g/mol. The van der Waals surface area contributed by atoms with E-state index < -0.39 is 11.5 Å². The second kappa shape index (κ2) is 4.85. The first kappa shape index (κ1) is 12.1. The van der Waals surface area contributed by atoms with Crippen LogP contribution in [0.4, 0.5) is 0 Å². The van der Waals surface area contributed by atoms with Crippen LogP contribution in [0, 0.1) is 22.7 Å². The first-order valence-electron chi connectivity index (χ1n) is 6.18. The van der Waals surface area contributed by atoms with Gasteiger partial charge in [-0.25, -0.2) is 0 Å². The summed E-state index contributed by atoms with van der Waals surface area (Å²) in [6.07, 6.45) is 4.59. The number of pyridine rings is 1. The minimum absolute atomic E-state index is 0.502. The van der Waals surface area contributed by atoms with Crippen LogP contribution < -0.4 is 0 Å². The molecule has 3 nitrogen and oxygen atoms in total. The SMILES string of the molecule is CC1CCCC(C#N)(C(O)c2ccccn2)C1. The highest BCUT2D eigenvalue weighted by Crippen LogP contribution is 2.46. The van der Waals surface area contributed by atoms with Gasteiger partial charge in [-0.3, -0.25) is 4.98 Å². The van der Waals surface area contributed by atoms with Gasteiger partial charge in [-0.2, -0.15) is 5.26 Å². The maximum Gasteiger partial charge on any atom is 0.114 e. The Kier molecular flexibility index (Phi) is 3.44. The zero-order valence-corrected chi connectivity index (χ0v) is 10.1. The molecule has 1 heterocycles. The van der Waals surface area contributed by atoms with Gasteiger partial charge in [0.05, 0.1) is 17.2 Å². The molecule has 3 heteroatoms. The standard InChI is InChI=1S/C14H18N2O/c1-11-5-4-7-14(9-11,10-15)13(17)12-6-2-3-8-16-12/h2-3,6,8,11,13,17H,4-5,7,9H2,1H3. The lowest BCUT2D eigenvalue weighted by Crippen LogP contribution is -2.33. The Balaban J connectivity index is 2.27. The summed E-state index contributed by atoms with van der Waals surface area (Å²) in [7, 11) is 0. The fraction of sp³-hybridized carbons (Fsp3) is 0.571. The summed E-state index contributed by atoms with van der Waals surface area (Å²) in [5.41, 5.74) is -0.0328. The maximum atomic E-state index is 10.4. The predicted molar refractivity (Wildman–Crippen MR) is 64.9 cm³/mol. The molecule has 2 rings (SSSR count). The van der Waals surface area contributed by atoms with Crippen LogP contribution in [0.1, 0.15) is 44.4 Å². The van der Waals surface area contributed by atoms with Gasteiger partial charge in [-0.05, 0) is 30.9 Å². The van der Waals surface area contributed by atoms with E-state index in [-0.39, 0.29) is 0 Å². The van der Waals surface area contributed by atoms with Crippen molar-refractivity contribution < 1.29 is 5.11 Å². The van der Waals surface area contributed by atoms with E-state index in [1.165, 1.54) is 0 Å². The molecule has 1 aromatic rings. The molecule has 3 unspecified atom stereocenters. The molecule has 0 aromatic carbocycles. The van der Waals surface area contributed by atoms with Crippen molar-refractivity contribution in [2.45, 2.75) is 38.7 Å². The highest BCUT2D eigenvalue weighted by molar-refractivity contribution is 5.16. The number of aliphatic hydroxyl groups is 1. The molecule has 0 aliphatic heterocycles. The lowest BCUT2D eigenvalue weighted by molar-refractivity contribution is 0.0190. The number of aromatic nitrogens is 1. The molecule has 0 spiro atoms. The second-order valence-corrected chi connectivity index (χ2v) is 5.13. The molecule has 0 radical (unpaired) electrons. The molecule has 1 fully saturated rings. The summed E-state index contributed by atoms with van der Waals surface area (Å²) >= 11 is 0. The number of nitriles is 1. The fourth-order valence-electron chi connectivity index (χ4n) is 2.82. The van der Waals surface area contributed by atoms with Crippen LogP contribution in [0.25, 0.3) is 0 Å². The van der Waals surface area contributed by atoms with Crippen LogP contribution in [-0.4, -0.2) is 10.1 Å². The number of aliphatic hydroxyl groups excluding tert-OH is 1. The minimum Gasteiger partial charge on any atom is -0.385 e. The van der Waals surface area contributed by atoms with E-state index in [4.69, 9.17) is 0 Å². The summed E-state index contributed by atoms with van der Waals surface area (Å²) in [4.78, 5) is 4.17. The molecule has 17 heavy (non-hydrogen) atoms. The third kappa shape index (κ3) is 2.32. The molecule has 0 bridgehead atoms. The van der Waals surface area contributed by atoms with Crippen LogP contribution in [0.15, 0.2) is 24.4 Å². The minimum atomic E-state index is -0.767. The number of hydrogen-bond donors (Lipinski definition) is 1. The largest absolute Gasteiger partial charge is 0.385 e. The highest BCUT2D eigenvalue weighted by Gasteiger charge is 2.42. The molecular formula is C14H18N2O. The third-order valence-electron chi connectivity index (χ3n) is 3.75. The summed E-state index contributed by atoms with van der Waals surface area (Å²) < 4.78 is 0. The third-order valence-corrected chi connectivity index (χ3v) is 3.75. The van der Waals surface area contributed by atoms with Crippen molar-refractivity contribution in [1.82, 2.24) is 4.98 Å². The number of nitrogens with zero attached hydrogens (tertiary/aromatic N) is 2. The Bertz CT molecular complexity index is 412. The van der Waals surface area contributed by atoms with Gasteiger partial charge in [0.15, 0.2) is 0 Å². The van der Waals surface area contributed by atoms with Crippen LogP contribution >= 0.6 is 0 Å². The van der Waals surface area contributed by atoms with E-state index in [2.05, 4.69) is 18.0 Å². The molecule has 90 valence electrons. The summed E-state index contributed by atoms with van der Waals surface area (Å²) in [5.74, 6) is 0.502. The van der Waals surface area contributed by atoms with Crippen LogP contribution in [0.3, 0.4) is 0 Å². The zero-order chi connectivity index (χ0) is 12.3. The van der Waals surface area contributed by atoms with Gasteiger partial charge in [0, 0.05) is 6.20 Å². The van der Waals surface area contributed by atoms with Gasteiger partial charge in [0.1, 0.15) is 6.10 Å². The number of hydrogen-bond acceptors (Lipinski definition) is 3. The van der Waals surface area contributed by atoms with Gasteiger partial charge in [0.25, 0.3) is 0 Å². The van der Waals surface area contributed by atoms with Gasteiger partial charge < -0.3 is 5.11 Å². The molecular weight excluding hydrogens is 212 g/mol. The normalized spacial score (nSPS) is 30.5. The van der Waals surface area contributed by atoms with E-state index >= 15 is 0 Å². The van der Waals surface area contributed by atoms with Crippen molar-refractivity contribution in [3.8, 4) is 6.07 Å². The van der Waals surface area contributed by atoms with E-state index in [1.807, 2.05) is 12.1 Å². The van der Waals surface area contributed by atoms with Crippen molar-refractivity contribution in [3.63, 3.8) is 0 Å². The Labute approximate surface area is 102 Å². The zero-order valence-electron chi connectivity index (χ0n) is 10.1. The van der Waals surface area contributed by atoms with Crippen molar-refractivity contribution >= 4 is 0 Å². The van der Waals surface area contributed by atoms with Crippen LogP contribution in [0.2, 0.25) is 0 Å². The van der Waals surface area contributed by atoms with Crippen LogP contribution in [0.5, 0.6) is 0 Å². The second-order valence-electron chi connectivity index (χ2n) is 5.13. The van der Waals surface area contributed by atoms with Gasteiger partial charge in [0.2, 0.25) is 0 Å². The van der Waals surface area contributed by atoms with Gasteiger partial charge in [-0.15, -0.1) is 0 Å². The molecule has 1 saturated carbocycles. The van der Waals surface area contributed by atoms with E-state index in [0.29, 0.717) is 11.6 Å². The first-order chi connectivity index (χ1) is 8.18. The molecule has 0 saturated heterocycles. The lowest BCUT2D eigenvalue weighted by atomic mass is 9.67. The van der Waals surface area contributed by atoms with Crippen molar-refractivity contribution in [3.05, 3.63) is 30.1 Å². The van der Waals surface area contributed by atoms with E-state index in [9.17, 15) is 10.4 Å². The Morgan fingerprint density at radius 2 is 2.41 bits per heavy atom. The maximum absolute atomic E-state index is 10.4. The van der Waals surface area contributed by atoms with Crippen molar-refractivity contribution in [1.29, 1.82) is 5.26 Å². The average Bonchev–Trinajstić information content (AvgIpc) is 2.38. The van der Waals surface area contributed by atoms with Crippen molar-refractivity contribution in [2.75, 3.05) is 0 Å². The Hall–Kier alpha value is -1.40. The Morgan fingerprint density at radius 3 is 3.00 bits per heavy atom. The summed E-state index contributed by atoms with van der Waals surface area (Å²) in [5, 5.41) is 19.9. The van der Waals surface area contributed by atoms with E-state index in [1.54, 1.807) is 12.3 Å². The fourth-order valence-corrected chi connectivity index (χ4v) is 2.82. The van der Waals surface area contributed by atoms with Crippen molar-refractivity contribution in [2.24, 2.45) is 11.3 Å². The molecule has 3 atom stereocenters.